The summed E-state index contributed by atoms with van der Waals surface area (Å²) < 4.78 is 5.50. The summed E-state index contributed by atoms with van der Waals surface area (Å²) >= 11 is 0. The molecule has 1 aliphatic carbocycles. The zero-order valence-corrected chi connectivity index (χ0v) is 12.0. The molecule has 0 aliphatic heterocycles. The highest BCUT2D eigenvalue weighted by Crippen LogP contribution is 2.25. The third-order valence-corrected chi connectivity index (χ3v) is 3.81. The second kappa shape index (κ2) is 5.69. The molecule has 5 nitrogen and oxygen atoms in total. The molecule has 0 spiro atoms. The number of carbonyl (C=O) groups excluding carboxylic acids is 1. The van der Waals surface area contributed by atoms with Gasteiger partial charge in [-0.15, -0.1) is 0 Å². The molecule has 5 heteroatoms. The number of amides is 1. The fourth-order valence-corrected chi connectivity index (χ4v) is 2.70. The van der Waals surface area contributed by atoms with Crippen LogP contribution < -0.4 is 11.1 Å². The average molecular weight is 285 g/mol. The molecule has 1 fully saturated rings. The van der Waals surface area contributed by atoms with Crippen LogP contribution >= 0.6 is 0 Å². The van der Waals surface area contributed by atoms with Crippen LogP contribution in [0.5, 0.6) is 0 Å². The number of hydrogen-bond donors (Lipinski definition) is 2. The first-order valence-electron chi connectivity index (χ1n) is 7.25. The van der Waals surface area contributed by atoms with E-state index in [0.717, 1.165) is 30.4 Å². The normalized spacial score (nSPS) is 21.0. The minimum Gasteiger partial charge on any atom is -0.384 e. The number of fused-ring (bicyclic) bond motifs is 1. The number of hydrogen-bond acceptors (Lipinski definition) is 4. The van der Waals surface area contributed by atoms with Crippen molar-refractivity contribution in [3.8, 4) is 0 Å². The fraction of sp³-hybridized carbons (Fsp3) is 0.375. The third-order valence-electron chi connectivity index (χ3n) is 3.81. The van der Waals surface area contributed by atoms with E-state index in [2.05, 4.69) is 10.3 Å². The van der Waals surface area contributed by atoms with Gasteiger partial charge in [-0.2, -0.15) is 0 Å². The second-order valence-corrected chi connectivity index (χ2v) is 5.33. The summed E-state index contributed by atoms with van der Waals surface area (Å²) in [6, 6.07) is 9.34. The largest absolute Gasteiger partial charge is 0.384 e. The number of para-hydroxylation sites is 1. The average Bonchev–Trinajstić information content (AvgIpc) is 2.44. The molecule has 3 N–H and O–H groups in total. The molecule has 3 rings (SSSR count). The van der Waals surface area contributed by atoms with Gasteiger partial charge in [-0.1, -0.05) is 18.2 Å². The van der Waals surface area contributed by atoms with Crippen LogP contribution in [0.25, 0.3) is 10.9 Å². The summed E-state index contributed by atoms with van der Waals surface area (Å²) in [7, 11) is 0. The van der Waals surface area contributed by atoms with Gasteiger partial charge in [0.25, 0.3) is 5.91 Å². The van der Waals surface area contributed by atoms with Crippen LogP contribution in [0, 0.1) is 0 Å². The lowest BCUT2D eigenvalue weighted by Crippen LogP contribution is -2.47. The Morgan fingerprint density at radius 3 is 2.95 bits per heavy atom. The molecule has 1 aliphatic rings. The van der Waals surface area contributed by atoms with Crippen molar-refractivity contribution >= 4 is 22.6 Å². The van der Waals surface area contributed by atoms with Gasteiger partial charge in [0.1, 0.15) is 5.82 Å². The summed E-state index contributed by atoms with van der Waals surface area (Å²) in [5.41, 5.74) is 7.11. The van der Waals surface area contributed by atoms with E-state index in [1.165, 1.54) is 0 Å². The lowest BCUT2D eigenvalue weighted by atomic mass is 9.89. The van der Waals surface area contributed by atoms with Crippen molar-refractivity contribution in [1.29, 1.82) is 0 Å². The number of nitrogens with two attached hydrogens (primary N) is 1. The van der Waals surface area contributed by atoms with Crippen LogP contribution in [-0.2, 0) is 4.74 Å². The molecule has 0 unspecified atom stereocenters. The minimum atomic E-state index is -0.0970. The van der Waals surface area contributed by atoms with E-state index in [4.69, 9.17) is 10.5 Å². The molecule has 1 heterocycles. The SMILES string of the molecule is CCOC1CC(NC(=O)c2cc(N)nc3ccccc23)C1. The van der Waals surface area contributed by atoms with Crippen molar-refractivity contribution < 1.29 is 9.53 Å². The molecular formula is C16H19N3O2. The highest BCUT2D eigenvalue weighted by atomic mass is 16.5. The Labute approximate surface area is 123 Å². The molecule has 21 heavy (non-hydrogen) atoms. The summed E-state index contributed by atoms with van der Waals surface area (Å²) in [5, 5.41) is 3.86. The zero-order valence-electron chi connectivity index (χ0n) is 12.0. The van der Waals surface area contributed by atoms with Gasteiger partial charge in [0.15, 0.2) is 0 Å². The van der Waals surface area contributed by atoms with Crippen LogP contribution in [-0.4, -0.2) is 29.6 Å². The van der Waals surface area contributed by atoms with Gasteiger partial charge in [-0.05, 0) is 31.9 Å². The number of anilines is 1. The van der Waals surface area contributed by atoms with Gasteiger partial charge in [-0.25, -0.2) is 4.98 Å². The molecule has 2 aromatic rings. The molecular weight excluding hydrogens is 266 g/mol. The predicted octanol–water partition coefficient (Wildman–Crippen LogP) is 2.11. The maximum Gasteiger partial charge on any atom is 0.252 e. The van der Waals surface area contributed by atoms with Crippen molar-refractivity contribution in [2.24, 2.45) is 0 Å². The van der Waals surface area contributed by atoms with Crippen LogP contribution in [0.3, 0.4) is 0 Å². The Kier molecular flexibility index (Phi) is 3.75. The number of aromatic nitrogens is 1. The molecule has 1 saturated carbocycles. The van der Waals surface area contributed by atoms with Crippen molar-refractivity contribution in [2.45, 2.75) is 31.9 Å². The monoisotopic (exact) mass is 285 g/mol. The molecule has 0 bridgehead atoms. The van der Waals surface area contributed by atoms with E-state index < -0.39 is 0 Å². The number of ether oxygens (including phenoxy) is 1. The van der Waals surface area contributed by atoms with Crippen LogP contribution in [0.2, 0.25) is 0 Å². The number of carbonyl (C=O) groups is 1. The van der Waals surface area contributed by atoms with Crippen LogP contribution in [0.1, 0.15) is 30.1 Å². The molecule has 0 saturated heterocycles. The fourth-order valence-electron chi connectivity index (χ4n) is 2.70. The molecule has 0 radical (unpaired) electrons. The van der Waals surface area contributed by atoms with Crippen molar-refractivity contribution in [1.82, 2.24) is 10.3 Å². The molecule has 1 aromatic heterocycles. The van der Waals surface area contributed by atoms with E-state index in [1.807, 2.05) is 31.2 Å². The standard InChI is InChI=1S/C16H19N3O2/c1-2-21-11-7-10(8-11)18-16(20)13-9-15(17)19-14-6-4-3-5-12(13)14/h3-6,9-11H,2,7-8H2,1H3,(H2,17,19)(H,18,20). The number of nitrogen functional groups attached to an aromatic ring is 1. The zero-order chi connectivity index (χ0) is 14.8. The summed E-state index contributed by atoms with van der Waals surface area (Å²) in [5.74, 6) is 0.264. The Balaban J connectivity index is 1.76. The first-order chi connectivity index (χ1) is 10.2. The van der Waals surface area contributed by atoms with E-state index in [1.54, 1.807) is 6.07 Å². The number of nitrogens with one attached hydrogen (secondary N) is 1. The number of nitrogens with zero attached hydrogens (tertiary/aromatic N) is 1. The van der Waals surface area contributed by atoms with Crippen LogP contribution in [0.15, 0.2) is 30.3 Å². The third kappa shape index (κ3) is 2.83. The van der Waals surface area contributed by atoms with Gasteiger partial charge >= 0.3 is 0 Å². The van der Waals surface area contributed by atoms with Gasteiger partial charge < -0.3 is 15.8 Å². The first-order valence-corrected chi connectivity index (χ1v) is 7.25. The Bertz CT molecular complexity index is 666. The smallest absolute Gasteiger partial charge is 0.252 e. The Morgan fingerprint density at radius 2 is 2.19 bits per heavy atom. The maximum atomic E-state index is 12.4. The Hall–Kier alpha value is -2.14. The van der Waals surface area contributed by atoms with E-state index in [9.17, 15) is 4.79 Å². The summed E-state index contributed by atoms with van der Waals surface area (Å²) in [4.78, 5) is 16.7. The second-order valence-electron chi connectivity index (χ2n) is 5.33. The number of benzene rings is 1. The van der Waals surface area contributed by atoms with Gasteiger partial charge in [0, 0.05) is 18.0 Å². The first kappa shape index (κ1) is 13.8. The highest BCUT2D eigenvalue weighted by Gasteiger charge is 2.31. The van der Waals surface area contributed by atoms with E-state index in [-0.39, 0.29) is 18.1 Å². The topological polar surface area (TPSA) is 77.2 Å². The van der Waals surface area contributed by atoms with Gasteiger partial charge in [0.05, 0.1) is 17.2 Å². The Morgan fingerprint density at radius 1 is 1.43 bits per heavy atom. The van der Waals surface area contributed by atoms with Crippen molar-refractivity contribution in [3.63, 3.8) is 0 Å². The van der Waals surface area contributed by atoms with Gasteiger partial charge in [-0.3, -0.25) is 4.79 Å². The molecule has 1 aromatic carbocycles. The summed E-state index contributed by atoms with van der Waals surface area (Å²) in [6.07, 6.45) is 2.02. The molecule has 1 amide bonds. The molecule has 0 atom stereocenters. The minimum absolute atomic E-state index is 0.0970. The van der Waals surface area contributed by atoms with Crippen LogP contribution in [0.4, 0.5) is 5.82 Å². The molecule has 110 valence electrons. The maximum absolute atomic E-state index is 12.4. The number of pyridine rings is 1. The predicted molar refractivity (Wildman–Crippen MR) is 82.1 cm³/mol. The number of rotatable bonds is 4. The van der Waals surface area contributed by atoms with Gasteiger partial charge in [0.2, 0.25) is 0 Å². The lowest BCUT2D eigenvalue weighted by Gasteiger charge is -2.35. The lowest BCUT2D eigenvalue weighted by molar-refractivity contribution is -0.00861. The summed E-state index contributed by atoms with van der Waals surface area (Å²) in [6.45, 7) is 2.70. The van der Waals surface area contributed by atoms with Crippen molar-refractivity contribution in [3.05, 3.63) is 35.9 Å². The van der Waals surface area contributed by atoms with E-state index in [0.29, 0.717) is 11.4 Å². The van der Waals surface area contributed by atoms with Crippen molar-refractivity contribution in [2.75, 3.05) is 12.3 Å². The quantitative estimate of drug-likeness (QED) is 0.902. The van der Waals surface area contributed by atoms with E-state index >= 15 is 0 Å². The highest BCUT2D eigenvalue weighted by molar-refractivity contribution is 6.07.